The van der Waals surface area contributed by atoms with E-state index in [1.165, 1.54) is 148 Å². The van der Waals surface area contributed by atoms with Crippen LogP contribution in [0.4, 0.5) is 0 Å². The van der Waals surface area contributed by atoms with Gasteiger partial charge >= 0.3 is 39.5 Å². The minimum Gasteiger partial charge on any atom is -0.462 e. The number of carbonyl (C=O) groups is 4. The molecule has 0 radical (unpaired) electrons. The van der Waals surface area contributed by atoms with Crippen LogP contribution in [0.2, 0.25) is 0 Å². The van der Waals surface area contributed by atoms with Gasteiger partial charge in [0, 0.05) is 25.7 Å². The second-order valence-corrected chi connectivity index (χ2v) is 30.6. The Morgan fingerprint density at radius 1 is 0.308 bits per heavy atom. The second-order valence-electron chi connectivity index (χ2n) is 27.6. The van der Waals surface area contributed by atoms with Crippen LogP contribution in [0.1, 0.15) is 357 Å². The number of esters is 4. The fraction of sp³-hybridized carbons (Fsp3) is 0.944. The molecule has 0 heterocycles. The lowest BCUT2D eigenvalue weighted by atomic mass is 10.00. The van der Waals surface area contributed by atoms with Crippen molar-refractivity contribution in [1.29, 1.82) is 0 Å². The highest BCUT2D eigenvalue weighted by molar-refractivity contribution is 7.47. The van der Waals surface area contributed by atoms with Gasteiger partial charge in [0.1, 0.15) is 19.3 Å². The maximum absolute atomic E-state index is 13.0. The van der Waals surface area contributed by atoms with E-state index in [0.29, 0.717) is 31.6 Å². The molecular weight excluding hydrogens is 1200 g/mol. The van der Waals surface area contributed by atoms with Crippen molar-refractivity contribution < 1.29 is 80.2 Å². The summed E-state index contributed by atoms with van der Waals surface area (Å²) < 4.78 is 68.3. The number of unbranched alkanes of at least 4 members (excludes halogenated alkanes) is 34. The molecule has 4 unspecified atom stereocenters. The molecule has 0 fully saturated rings. The molecule has 0 saturated heterocycles. The average molecular weight is 1340 g/mol. The Labute approximate surface area is 556 Å². The maximum Gasteiger partial charge on any atom is 0.472 e. The molecule has 0 aliphatic carbocycles. The summed E-state index contributed by atoms with van der Waals surface area (Å²) in [7, 11) is -9.91. The Balaban J connectivity index is 5.24. The minimum atomic E-state index is -4.95. The molecule has 17 nitrogen and oxygen atoms in total. The number of hydrogen-bond donors (Lipinski definition) is 3. The van der Waals surface area contributed by atoms with Crippen molar-refractivity contribution in [2.45, 2.75) is 375 Å². The largest absolute Gasteiger partial charge is 0.472 e. The van der Waals surface area contributed by atoms with Gasteiger partial charge in [-0.15, -0.1) is 0 Å². The van der Waals surface area contributed by atoms with Crippen LogP contribution in [-0.4, -0.2) is 96.7 Å². The van der Waals surface area contributed by atoms with Crippen molar-refractivity contribution in [3.05, 3.63) is 0 Å². The zero-order chi connectivity index (χ0) is 67.5. The van der Waals surface area contributed by atoms with Crippen molar-refractivity contribution in [3.63, 3.8) is 0 Å². The Bertz CT molecular complexity index is 1800. The molecule has 19 heteroatoms. The van der Waals surface area contributed by atoms with Crippen molar-refractivity contribution in [2.24, 2.45) is 23.7 Å². The Morgan fingerprint density at radius 2 is 0.527 bits per heavy atom. The highest BCUT2D eigenvalue weighted by Crippen LogP contribution is 2.45. The van der Waals surface area contributed by atoms with E-state index >= 15 is 0 Å². The smallest absolute Gasteiger partial charge is 0.462 e. The molecule has 0 saturated carbocycles. The van der Waals surface area contributed by atoms with Gasteiger partial charge < -0.3 is 33.8 Å². The SMILES string of the molecule is CCC(C)CCCCCCCCC(=O)OC[C@H](COP(=O)(O)OCC(O)COP(=O)(O)OC[C@@H](COC(=O)CCCCCCCCCC(C)C)OC(=O)CCCCCCCCCCCCCCCC(C)C)OC(=O)CCCCCCCCCCCCCCC(C)C. The predicted molar refractivity (Wildman–Crippen MR) is 367 cm³/mol. The first-order valence-corrected chi connectivity index (χ1v) is 40.2. The molecule has 0 spiro atoms. The van der Waals surface area contributed by atoms with Crippen LogP contribution in [0.25, 0.3) is 0 Å². The Kier molecular flexibility index (Phi) is 60.3. The van der Waals surface area contributed by atoms with Gasteiger partial charge in [-0.2, -0.15) is 0 Å². The molecule has 0 rings (SSSR count). The van der Waals surface area contributed by atoms with E-state index < -0.39 is 97.5 Å². The lowest BCUT2D eigenvalue weighted by Gasteiger charge is -2.21. The number of phosphoric acid groups is 2. The lowest BCUT2D eigenvalue weighted by Crippen LogP contribution is -2.30. The molecule has 0 aromatic rings. The summed E-state index contributed by atoms with van der Waals surface area (Å²) >= 11 is 0. The first-order chi connectivity index (χ1) is 43.6. The molecule has 3 N–H and O–H groups in total. The Hall–Kier alpha value is -1.94. The van der Waals surface area contributed by atoms with Crippen LogP contribution in [0, 0.1) is 23.7 Å². The molecule has 0 aromatic heterocycles. The number of ether oxygens (including phenoxy) is 4. The van der Waals surface area contributed by atoms with Crippen molar-refractivity contribution >= 4 is 39.5 Å². The van der Waals surface area contributed by atoms with Gasteiger partial charge in [0.25, 0.3) is 0 Å². The summed E-state index contributed by atoms with van der Waals surface area (Å²) in [6.07, 6.45) is 44.5. The number of aliphatic hydroxyl groups is 1. The van der Waals surface area contributed by atoms with Crippen LogP contribution >= 0.6 is 15.6 Å². The van der Waals surface area contributed by atoms with Gasteiger partial charge in [-0.25, -0.2) is 9.13 Å². The Morgan fingerprint density at radius 3 is 0.780 bits per heavy atom. The van der Waals surface area contributed by atoms with Gasteiger partial charge in [-0.1, -0.05) is 306 Å². The number of phosphoric ester groups is 2. The van der Waals surface area contributed by atoms with E-state index in [1.807, 2.05) is 0 Å². The standard InChI is InChI=1S/C72H140O17P2/c1-9-65(8)51-43-35-30-31-37-45-53-70(75)83-59-68(89-72(77)55-47-39-28-22-18-14-13-16-20-25-33-41-49-63(4)5)61-87-91(80,81)85-57-66(73)56-84-90(78,79)86-60-67(58-82-69(74)52-44-36-29-23-26-34-42-50-64(6)7)88-71(76)54-46-38-27-21-17-12-10-11-15-19-24-32-40-48-62(2)3/h62-68,73H,9-61H2,1-8H3,(H,78,79)(H,80,81)/t65?,66?,67-,68-/m1/s1. The molecule has 0 aliphatic heterocycles. The van der Waals surface area contributed by atoms with E-state index in [-0.39, 0.29) is 25.7 Å². The van der Waals surface area contributed by atoms with Crippen molar-refractivity contribution in [1.82, 2.24) is 0 Å². The van der Waals surface area contributed by atoms with E-state index in [9.17, 15) is 43.2 Å². The molecule has 0 bridgehead atoms. The maximum atomic E-state index is 13.0. The first kappa shape index (κ1) is 89.1. The predicted octanol–water partition coefficient (Wildman–Crippen LogP) is 20.5. The van der Waals surface area contributed by atoms with E-state index in [0.717, 1.165) is 120 Å². The summed E-state index contributed by atoms with van der Waals surface area (Å²) in [6.45, 7) is 14.1. The molecule has 6 atom stereocenters. The zero-order valence-electron chi connectivity index (χ0n) is 59.5. The number of carbonyl (C=O) groups excluding carboxylic acids is 4. The summed E-state index contributed by atoms with van der Waals surface area (Å²) in [5, 5.41) is 10.6. The molecule has 0 amide bonds. The molecule has 91 heavy (non-hydrogen) atoms. The number of rotatable bonds is 69. The minimum absolute atomic E-state index is 0.105. The topological polar surface area (TPSA) is 237 Å². The summed E-state index contributed by atoms with van der Waals surface area (Å²) in [6, 6.07) is 0. The molecule has 540 valence electrons. The number of hydrogen-bond acceptors (Lipinski definition) is 15. The monoisotopic (exact) mass is 1340 g/mol. The molecular formula is C72H140O17P2. The van der Waals surface area contributed by atoms with Crippen LogP contribution in [0.3, 0.4) is 0 Å². The quantitative estimate of drug-likeness (QED) is 0.0222. The molecule has 0 aromatic carbocycles. The average Bonchev–Trinajstić information content (AvgIpc) is 3.67. The third kappa shape index (κ3) is 65.1. The fourth-order valence-corrected chi connectivity index (χ4v) is 12.4. The summed E-state index contributed by atoms with van der Waals surface area (Å²) in [4.78, 5) is 72.6. The van der Waals surface area contributed by atoms with E-state index in [4.69, 9.17) is 37.0 Å². The third-order valence-corrected chi connectivity index (χ3v) is 18.8. The van der Waals surface area contributed by atoms with Crippen LogP contribution in [0.15, 0.2) is 0 Å². The highest BCUT2D eigenvalue weighted by Gasteiger charge is 2.30. The molecule has 0 aliphatic rings. The van der Waals surface area contributed by atoms with Crippen molar-refractivity contribution in [3.8, 4) is 0 Å². The van der Waals surface area contributed by atoms with Crippen molar-refractivity contribution in [2.75, 3.05) is 39.6 Å². The zero-order valence-corrected chi connectivity index (χ0v) is 61.3. The normalized spacial score (nSPS) is 14.5. The second kappa shape index (κ2) is 61.6. The van der Waals surface area contributed by atoms with Gasteiger partial charge in [-0.05, 0) is 49.4 Å². The van der Waals surface area contributed by atoms with E-state index in [2.05, 4.69) is 55.4 Å². The van der Waals surface area contributed by atoms with Gasteiger partial charge in [-0.3, -0.25) is 37.3 Å². The number of aliphatic hydroxyl groups excluding tert-OH is 1. The highest BCUT2D eigenvalue weighted by atomic mass is 31.2. The van der Waals surface area contributed by atoms with E-state index in [1.54, 1.807) is 0 Å². The van der Waals surface area contributed by atoms with Gasteiger partial charge in [0.2, 0.25) is 0 Å². The fourth-order valence-electron chi connectivity index (χ4n) is 10.8. The third-order valence-electron chi connectivity index (χ3n) is 16.9. The van der Waals surface area contributed by atoms with Crippen LogP contribution in [0.5, 0.6) is 0 Å². The van der Waals surface area contributed by atoms with Gasteiger partial charge in [0.15, 0.2) is 12.2 Å². The summed E-state index contributed by atoms with van der Waals surface area (Å²) in [5.74, 6) is 0.871. The first-order valence-electron chi connectivity index (χ1n) is 37.2. The van der Waals surface area contributed by atoms with Crippen LogP contribution in [-0.2, 0) is 65.4 Å². The van der Waals surface area contributed by atoms with Gasteiger partial charge in [0.05, 0.1) is 26.4 Å². The lowest BCUT2D eigenvalue weighted by molar-refractivity contribution is -0.161. The summed E-state index contributed by atoms with van der Waals surface area (Å²) in [5.41, 5.74) is 0. The van der Waals surface area contributed by atoms with Crippen LogP contribution < -0.4 is 0 Å².